The van der Waals surface area contributed by atoms with Crippen molar-refractivity contribution < 1.29 is 5.11 Å². The molecule has 20 heavy (non-hydrogen) atoms. The van der Waals surface area contributed by atoms with E-state index in [4.69, 9.17) is 5.11 Å². The van der Waals surface area contributed by atoms with Crippen molar-refractivity contribution in [3.63, 3.8) is 0 Å². The number of aliphatic hydroxyl groups is 1. The van der Waals surface area contributed by atoms with Crippen molar-refractivity contribution >= 4 is 0 Å². The molecule has 3 atom stereocenters. The van der Waals surface area contributed by atoms with Gasteiger partial charge < -0.3 is 10.4 Å². The number of likely N-dealkylation sites (tertiary alicyclic amines) is 1. The van der Waals surface area contributed by atoms with Crippen molar-refractivity contribution in [2.75, 3.05) is 26.2 Å². The molecule has 1 aliphatic heterocycles. The van der Waals surface area contributed by atoms with Crippen molar-refractivity contribution in [2.45, 2.75) is 64.0 Å². The summed E-state index contributed by atoms with van der Waals surface area (Å²) in [5, 5.41) is 12.9. The largest absolute Gasteiger partial charge is 0.396 e. The van der Waals surface area contributed by atoms with Gasteiger partial charge in [-0.2, -0.15) is 0 Å². The summed E-state index contributed by atoms with van der Waals surface area (Å²) < 4.78 is 0. The average molecular weight is 280 g/mol. The van der Waals surface area contributed by atoms with Crippen LogP contribution < -0.4 is 5.32 Å². The quantitative estimate of drug-likeness (QED) is 0.716. The second-order valence-electron chi connectivity index (χ2n) is 7.55. The lowest BCUT2D eigenvalue weighted by Gasteiger charge is -2.41. The molecule has 2 aliphatic carbocycles. The summed E-state index contributed by atoms with van der Waals surface area (Å²) in [6, 6.07) is 1.46. The second-order valence-corrected chi connectivity index (χ2v) is 7.55. The maximum absolute atomic E-state index is 9.09. The minimum absolute atomic E-state index is 0.356. The van der Waals surface area contributed by atoms with E-state index in [1.807, 2.05) is 0 Å². The molecule has 3 rings (SSSR count). The molecular weight excluding hydrogens is 248 g/mol. The molecule has 3 nitrogen and oxygen atoms in total. The third-order valence-corrected chi connectivity index (χ3v) is 5.61. The first-order valence-electron chi connectivity index (χ1n) is 8.84. The highest BCUT2D eigenvalue weighted by molar-refractivity contribution is 4.92. The molecule has 0 spiro atoms. The van der Waals surface area contributed by atoms with E-state index in [9.17, 15) is 0 Å². The van der Waals surface area contributed by atoms with Gasteiger partial charge in [0.15, 0.2) is 0 Å². The van der Waals surface area contributed by atoms with E-state index in [2.05, 4.69) is 17.1 Å². The zero-order chi connectivity index (χ0) is 13.9. The first-order valence-corrected chi connectivity index (χ1v) is 8.84. The maximum atomic E-state index is 9.09. The van der Waals surface area contributed by atoms with Gasteiger partial charge in [0.25, 0.3) is 0 Å². The molecular formula is C17H32N2O. The van der Waals surface area contributed by atoms with Crippen LogP contribution in [0.3, 0.4) is 0 Å². The Morgan fingerprint density at radius 3 is 2.60 bits per heavy atom. The van der Waals surface area contributed by atoms with Crippen LogP contribution in [0.2, 0.25) is 0 Å². The van der Waals surface area contributed by atoms with Gasteiger partial charge in [-0.15, -0.1) is 0 Å². The van der Waals surface area contributed by atoms with Crippen molar-refractivity contribution in [1.82, 2.24) is 10.2 Å². The van der Waals surface area contributed by atoms with Crippen LogP contribution >= 0.6 is 0 Å². The molecule has 2 saturated carbocycles. The van der Waals surface area contributed by atoms with Gasteiger partial charge >= 0.3 is 0 Å². The molecule has 3 fully saturated rings. The van der Waals surface area contributed by atoms with Crippen LogP contribution in [0.1, 0.15) is 51.9 Å². The van der Waals surface area contributed by atoms with Gasteiger partial charge in [0.2, 0.25) is 0 Å². The van der Waals surface area contributed by atoms with Crippen LogP contribution in [-0.4, -0.2) is 48.3 Å². The minimum Gasteiger partial charge on any atom is -0.396 e. The zero-order valence-electron chi connectivity index (χ0n) is 13.1. The van der Waals surface area contributed by atoms with Gasteiger partial charge in [0.1, 0.15) is 0 Å². The van der Waals surface area contributed by atoms with E-state index in [-0.39, 0.29) is 0 Å². The Balaban J connectivity index is 1.51. The normalized spacial score (nSPS) is 33.3. The van der Waals surface area contributed by atoms with E-state index in [0.717, 1.165) is 30.2 Å². The van der Waals surface area contributed by atoms with Crippen molar-refractivity contribution in [1.29, 1.82) is 0 Å². The van der Waals surface area contributed by atoms with E-state index < -0.39 is 0 Å². The van der Waals surface area contributed by atoms with Crippen LogP contribution in [0.4, 0.5) is 0 Å². The Morgan fingerprint density at radius 1 is 1.15 bits per heavy atom. The average Bonchev–Trinajstić information content (AvgIpc) is 3.34. The number of nitrogens with zero attached hydrogens (tertiary/aromatic N) is 1. The van der Waals surface area contributed by atoms with Gasteiger partial charge in [0, 0.05) is 31.8 Å². The van der Waals surface area contributed by atoms with Gasteiger partial charge in [0.05, 0.1) is 0 Å². The Morgan fingerprint density at radius 2 is 1.95 bits per heavy atom. The molecule has 1 saturated heterocycles. The van der Waals surface area contributed by atoms with E-state index in [1.165, 1.54) is 58.2 Å². The molecule has 0 amide bonds. The van der Waals surface area contributed by atoms with E-state index in [1.54, 1.807) is 0 Å². The second kappa shape index (κ2) is 6.76. The summed E-state index contributed by atoms with van der Waals surface area (Å²) in [4.78, 5) is 2.74. The molecule has 3 unspecified atom stereocenters. The summed E-state index contributed by atoms with van der Waals surface area (Å²) in [6.45, 7) is 6.54. The fourth-order valence-electron chi connectivity index (χ4n) is 3.84. The van der Waals surface area contributed by atoms with Crippen LogP contribution in [0.25, 0.3) is 0 Å². The van der Waals surface area contributed by atoms with Gasteiger partial charge in [-0.3, -0.25) is 4.90 Å². The first-order chi connectivity index (χ1) is 9.76. The molecule has 0 aromatic carbocycles. The van der Waals surface area contributed by atoms with Crippen molar-refractivity contribution in [3.05, 3.63) is 0 Å². The number of hydrogen-bond acceptors (Lipinski definition) is 3. The molecule has 0 bridgehead atoms. The number of aliphatic hydroxyl groups excluding tert-OH is 1. The molecule has 3 heteroatoms. The fraction of sp³-hybridized carbons (Fsp3) is 1.00. The highest BCUT2D eigenvalue weighted by Gasteiger charge is 2.36. The summed E-state index contributed by atoms with van der Waals surface area (Å²) >= 11 is 0. The molecule has 116 valence electrons. The Hall–Kier alpha value is -0.120. The lowest BCUT2D eigenvalue weighted by molar-refractivity contribution is 0.0872. The molecule has 2 N–H and O–H groups in total. The maximum Gasteiger partial charge on any atom is 0.0431 e. The Bertz CT molecular complexity index is 301. The van der Waals surface area contributed by atoms with Crippen LogP contribution in [0.15, 0.2) is 0 Å². The summed E-state index contributed by atoms with van der Waals surface area (Å²) in [5.74, 6) is 2.73. The third kappa shape index (κ3) is 4.19. The summed E-state index contributed by atoms with van der Waals surface area (Å²) in [6.07, 6.45) is 9.27. The summed E-state index contributed by atoms with van der Waals surface area (Å²) in [7, 11) is 0. The monoisotopic (exact) mass is 280 g/mol. The molecule has 1 heterocycles. The Labute approximate surface area is 124 Å². The number of rotatable bonds is 8. The summed E-state index contributed by atoms with van der Waals surface area (Å²) in [5.41, 5.74) is 0. The SMILES string of the molecule is CC(C1CC1)N1CC(CCCO)CC(NCC2CC2)C1. The smallest absolute Gasteiger partial charge is 0.0431 e. The Kier molecular flexibility index (Phi) is 5.00. The van der Waals surface area contributed by atoms with Gasteiger partial charge in [-0.25, -0.2) is 0 Å². The number of piperidine rings is 1. The fourth-order valence-corrected chi connectivity index (χ4v) is 3.84. The predicted molar refractivity (Wildman–Crippen MR) is 82.7 cm³/mol. The van der Waals surface area contributed by atoms with E-state index >= 15 is 0 Å². The van der Waals surface area contributed by atoms with Crippen LogP contribution in [0, 0.1) is 17.8 Å². The highest BCUT2D eigenvalue weighted by Crippen LogP contribution is 2.37. The predicted octanol–water partition coefficient (Wildman–Crippen LogP) is 2.25. The highest BCUT2D eigenvalue weighted by atomic mass is 16.2. The molecule has 0 aromatic rings. The lowest BCUT2D eigenvalue weighted by Crippen LogP contribution is -2.52. The molecule has 0 aromatic heterocycles. The van der Waals surface area contributed by atoms with Crippen LogP contribution in [-0.2, 0) is 0 Å². The minimum atomic E-state index is 0.356. The topological polar surface area (TPSA) is 35.5 Å². The lowest BCUT2D eigenvalue weighted by atomic mass is 9.89. The van der Waals surface area contributed by atoms with Crippen molar-refractivity contribution in [3.8, 4) is 0 Å². The number of nitrogens with one attached hydrogen (secondary N) is 1. The standard InChI is InChI=1S/C17H32N2O/c1-13(16-6-7-16)19-11-15(3-2-8-20)9-17(12-19)18-10-14-4-5-14/h13-18,20H,2-12H2,1H3. The van der Waals surface area contributed by atoms with E-state index in [0.29, 0.717) is 12.6 Å². The molecule has 0 radical (unpaired) electrons. The first kappa shape index (κ1) is 14.8. The van der Waals surface area contributed by atoms with Gasteiger partial charge in [-0.05, 0) is 76.2 Å². The van der Waals surface area contributed by atoms with Gasteiger partial charge in [-0.1, -0.05) is 0 Å². The molecule has 3 aliphatic rings. The number of hydrogen-bond donors (Lipinski definition) is 2. The van der Waals surface area contributed by atoms with Crippen LogP contribution in [0.5, 0.6) is 0 Å². The third-order valence-electron chi connectivity index (χ3n) is 5.61. The van der Waals surface area contributed by atoms with Crippen molar-refractivity contribution in [2.24, 2.45) is 17.8 Å². The zero-order valence-corrected chi connectivity index (χ0v) is 13.1.